The summed E-state index contributed by atoms with van der Waals surface area (Å²) >= 11 is 0. The van der Waals surface area contributed by atoms with Crippen molar-refractivity contribution >= 4 is 0 Å². The minimum absolute atomic E-state index is 0.0618. The number of hydrogen-bond acceptors (Lipinski definition) is 4. The van der Waals surface area contributed by atoms with Crippen LogP contribution in [-0.2, 0) is 0 Å². The third kappa shape index (κ3) is 3.11. The SMILES string of the molecule is CCCNC(c1cccnc1)c1cnc(C)cn1. The zero-order valence-electron chi connectivity index (χ0n) is 10.8. The van der Waals surface area contributed by atoms with E-state index in [0.29, 0.717) is 0 Å². The highest BCUT2D eigenvalue weighted by Gasteiger charge is 2.14. The Bertz CT molecular complexity index is 467. The van der Waals surface area contributed by atoms with E-state index < -0.39 is 0 Å². The van der Waals surface area contributed by atoms with Crippen LogP contribution in [0.15, 0.2) is 36.9 Å². The molecule has 0 saturated carbocycles. The minimum Gasteiger partial charge on any atom is -0.305 e. The maximum atomic E-state index is 4.46. The number of hydrogen-bond donors (Lipinski definition) is 1. The summed E-state index contributed by atoms with van der Waals surface area (Å²) in [5.74, 6) is 0. The Balaban J connectivity index is 2.27. The van der Waals surface area contributed by atoms with Crippen LogP contribution in [0, 0.1) is 6.92 Å². The standard InChI is InChI=1S/C14H18N4/c1-3-6-16-14(12-5-4-7-15-9-12)13-10-17-11(2)8-18-13/h4-5,7-10,14,16H,3,6H2,1-2H3. The average Bonchev–Trinajstić information content (AvgIpc) is 2.42. The normalized spacial score (nSPS) is 12.3. The van der Waals surface area contributed by atoms with E-state index >= 15 is 0 Å². The zero-order chi connectivity index (χ0) is 12.8. The maximum Gasteiger partial charge on any atom is 0.0802 e. The molecule has 2 rings (SSSR count). The predicted molar refractivity (Wildman–Crippen MR) is 71.1 cm³/mol. The molecular formula is C14H18N4. The molecular weight excluding hydrogens is 224 g/mol. The highest BCUT2D eigenvalue weighted by molar-refractivity contribution is 5.23. The second-order valence-corrected chi connectivity index (χ2v) is 4.26. The topological polar surface area (TPSA) is 50.7 Å². The van der Waals surface area contributed by atoms with E-state index in [0.717, 1.165) is 29.9 Å². The quantitative estimate of drug-likeness (QED) is 0.873. The molecule has 1 N–H and O–H groups in total. The Hall–Kier alpha value is -1.81. The van der Waals surface area contributed by atoms with E-state index in [1.807, 2.05) is 25.4 Å². The first kappa shape index (κ1) is 12.6. The summed E-state index contributed by atoms with van der Waals surface area (Å²) in [6.45, 7) is 5.03. The molecule has 2 aromatic heterocycles. The predicted octanol–water partition coefficient (Wildman–Crippen LogP) is 2.27. The lowest BCUT2D eigenvalue weighted by molar-refractivity contribution is 0.582. The van der Waals surface area contributed by atoms with Gasteiger partial charge in [-0.1, -0.05) is 13.0 Å². The van der Waals surface area contributed by atoms with Crippen LogP contribution >= 0.6 is 0 Å². The Labute approximate surface area is 108 Å². The lowest BCUT2D eigenvalue weighted by Gasteiger charge is -2.17. The van der Waals surface area contributed by atoms with E-state index in [4.69, 9.17) is 0 Å². The first-order chi connectivity index (χ1) is 8.81. The van der Waals surface area contributed by atoms with Crippen molar-refractivity contribution in [1.82, 2.24) is 20.3 Å². The second kappa shape index (κ2) is 6.21. The van der Waals surface area contributed by atoms with Gasteiger partial charge in [0.25, 0.3) is 0 Å². The molecule has 4 heteroatoms. The molecule has 2 aromatic rings. The molecule has 2 heterocycles. The van der Waals surface area contributed by atoms with Gasteiger partial charge >= 0.3 is 0 Å². The van der Waals surface area contributed by atoms with Crippen molar-refractivity contribution in [2.24, 2.45) is 0 Å². The van der Waals surface area contributed by atoms with Crippen LogP contribution in [0.25, 0.3) is 0 Å². The summed E-state index contributed by atoms with van der Waals surface area (Å²) in [4.78, 5) is 12.9. The van der Waals surface area contributed by atoms with Gasteiger partial charge in [0, 0.05) is 18.6 Å². The summed E-state index contributed by atoms with van der Waals surface area (Å²) in [6, 6.07) is 4.06. The van der Waals surface area contributed by atoms with Gasteiger partial charge in [-0.3, -0.25) is 15.0 Å². The first-order valence-electron chi connectivity index (χ1n) is 6.23. The molecule has 0 fully saturated rings. The van der Waals surface area contributed by atoms with E-state index in [1.54, 1.807) is 12.4 Å². The fourth-order valence-corrected chi connectivity index (χ4v) is 1.78. The number of nitrogens with one attached hydrogen (secondary N) is 1. The van der Waals surface area contributed by atoms with E-state index in [9.17, 15) is 0 Å². The van der Waals surface area contributed by atoms with Gasteiger partial charge in [0.05, 0.1) is 23.6 Å². The Morgan fingerprint density at radius 2 is 2.11 bits per heavy atom. The summed E-state index contributed by atoms with van der Waals surface area (Å²) < 4.78 is 0. The van der Waals surface area contributed by atoms with Crippen molar-refractivity contribution in [2.75, 3.05) is 6.54 Å². The van der Waals surface area contributed by atoms with Crippen molar-refractivity contribution in [3.63, 3.8) is 0 Å². The lowest BCUT2D eigenvalue weighted by atomic mass is 10.1. The monoisotopic (exact) mass is 242 g/mol. The van der Waals surface area contributed by atoms with Crippen LogP contribution in [-0.4, -0.2) is 21.5 Å². The molecule has 1 atom stereocenters. The van der Waals surface area contributed by atoms with Crippen LogP contribution in [0.5, 0.6) is 0 Å². The molecule has 0 aromatic carbocycles. The van der Waals surface area contributed by atoms with Crippen molar-refractivity contribution in [3.8, 4) is 0 Å². The molecule has 4 nitrogen and oxygen atoms in total. The summed E-state index contributed by atoms with van der Waals surface area (Å²) in [5, 5.41) is 3.48. The van der Waals surface area contributed by atoms with Gasteiger partial charge in [-0.05, 0) is 31.5 Å². The first-order valence-corrected chi connectivity index (χ1v) is 6.23. The third-order valence-corrected chi connectivity index (χ3v) is 2.71. The summed E-state index contributed by atoms with van der Waals surface area (Å²) in [6.07, 6.45) is 8.36. The number of nitrogens with zero attached hydrogens (tertiary/aromatic N) is 3. The molecule has 0 spiro atoms. The van der Waals surface area contributed by atoms with Gasteiger partial charge in [0.1, 0.15) is 0 Å². The van der Waals surface area contributed by atoms with Crippen LogP contribution < -0.4 is 5.32 Å². The molecule has 0 radical (unpaired) electrons. The molecule has 0 aliphatic heterocycles. The van der Waals surface area contributed by atoms with Crippen LogP contribution in [0.1, 0.15) is 36.3 Å². The molecule has 0 bridgehead atoms. The number of rotatable bonds is 5. The van der Waals surface area contributed by atoms with Gasteiger partial charge in [-0.25, -0.2) is 0 Å². The fraction of sp³-hybridized carbons (Fsp3) is 0.357. The fourth-order valence-electron chi connectivity index (χ4n) is 1.78. The molecule has 18 heavy (non-hydrogen) atoms. The highest BCUT2D eigenvalue weighted by Crippen LogP contribution is 2.18. The third-order valence-electron chi connectivity index (χ3n) is 2.71. The maximum absolute atomic E-state index is 4.46. The summed E-state index contributed by atoms with van der Waals surface area (Å²) in [7, 11) is 0. The molecule has 94 valence electrons. The molecule has 0 saturated heterocycles. The van der Waals surface area contributed by atoms with E-state index in [2.05, 4.69) is 33.3 Å². The average molecular weight is 242 g/mol. The van der Waals surface area contributed by atoms with Crippen LogP contribution in [0.2, 0.25) is 0 Å². The Morgan fingerprint density at radius 1 is 1.22 bits per heavy atom. The summed E-state index contributed by atoms with van der Waals surface area (Å²) in [5.41, 5.74) is 2.98. The number of aromatic nitrogens is 3. The molecule has 1 unspecified atom stereocenters. The second-order valence-electron chi connectivity index (χ2n) is 4.26. The molecule has 0 aliphatic carbocycles. The molecule has 0 amide bonds. The smallest absolute Gasteiger partial charge is 0.0802 e. The van der Waals surface area contributed by atoms with Crippen molar-refractivity contribution < 1.29 is 0 Å². The Morgan fingerprint density at radius 3 is 2.72 bits per heavy atom. The lowest BCUT2D eigenvalue weighted by Crippen LogP contribution is -2.24. The van der Waals surface area contributed by atoms with E-state index in [-0.39, 0.29) is 6.04 Å². The zero-order valence-corrected chi connectivity index (χ0v) is 10.8. The molecule has 0 aliphatic rings. The van der Waals surface area contributed by atoms with E-state index in [1.165, 1.54) is 0 Å². The van der Waals surface area contributed by atoms with Crippen LogP contribution in [0.4, 0.5) is 0 Å². The van der Waals surface area contributed by atoms with Gasteiger partial charge in [0.15, 0.2) is 0 Å². The highest BCUT2D eigenvalue weighted by atomic mass is 15.0. The largest absolute Gasteiger partial charge is 0.305 e. The Kier molecular flexibility index (Phi) is 4.36. The van der Waals surface area contributed by atoms with Crippen molar-refractivity contribution in [1.29, 1.82) is 0 Å². The minimum atomic E-state index is 0.0618. The van der Waals surface area contributed by atoms with Crippen LogP contribution in [0.3, 0.4) is 0 Å². The van der Waals surface area contributed by atoms with Crippen molar-refractivity contribution in [2.45, 2.75) is 26.3 Å². The number of aryl methyl sites for hydroxylation is 1. The van der Waals surface area contributed by atoms with Gasteiger partial charge in [0.2, 0.25) is 0 Å². The van der Waals surface area contributed by atoms with Crippen molar-refractivity contribution in [3.05, 3.63) is 53.9 Å². The van der Waals surface area contributed by atoms with Gasteiger partial charge in [-0.2, -0.15) is 0 Å². The van der Waals surface area contributed by atoms with Gasteiger partial charge < -0.3 is 5.32 Å². The van der Waals surface area contributed by atoms with Gasteiger partial charge in [-0.15, -0.1) is 0 Å². The number of pyridine rings is 1.